The van der Waals surface area contributed by atoms with Gasteiger partial charge in [-0.3, -0.25) is 0 Å². The van der Waals surface area contributed by atoms with E-state index in [4.69, 9.17) is 15.7 Å². The fourth-order valence-electron chi connectivity index (χ4n) is 1.67. The van der Waals surface area contributed by atoms with Crippen LogP contribution in [0.25, 0.3) is 0 Å². The Labute approximate surface area is 118 Å². The molecule has 0 aliphatic rings. The van der Waals surface area contributed by atoms with Gasteiger partial charge < -0.3 is 15.8 Å². The predicted molar refractivity (Wildman–Crippen MR) is 78.9 cm³/mol. The molecule has 0 aliphatic heterocycles. The maximum atomic E-state index is 8.89. The van der Waals surface area contributed by atoms with E-state index in [0.29, 0.717) is 11.5 Å². The van der Waals surface area contributed by atoms with E-state index >= 15 is 0 Å². The van der Waals surface area contributed by atoms with Crippen LogP contribution in [-0.2, 0) is 0 Å². The molecule has 0 saturated heterocycles. The van der Waals surface area contributed by atoms with Crippen molar-refractivity contribution >= 4 is 17.2 Å². The van der Waals surface area contributed by atoms with Gasteiger partial charge in [-0.25, -0.2) is 4.98 Å². The van der Waals surface area contributed by atoms with E-state index in [2.05, 4.69) is 10.3 Å². The maximum absolute atomic E-state index is 8.89. The monoisotopic (exact) mass is 268 g/mol. The Kier molecular flexibility index (Phi) is 4.06. The number of nitrogens with zero attached hydrogens (tertiary/aromatic N) is 2. The van der Waals surface area contributed by atoms with Crippen molar-refractivity contribution in [3.8, 4) is 11.8 Å². The Balaban J connectivity index is 2.12. The van der Waals surface area contributed by atoms with E-state index in [0.717, 1.165) is 11.4 Å². The molecule has 0 spiro atoms. The number of nitrogen functional groups attached to an aromatic ring is 1. The van der Waals surface area contributed by atoms with Crippen molar-refractivity contribution < 1.29 is 4.74 Å². The van der Waals surface area contributed by atoms with Crippen LogP contribution in [0.4, 0.5) is 17.2 Å². The first-order valence-electron chi connectivity index (χ1n) is 6.29. The van der Waals surface area contributed by atoms with Crippen molar-refractivity contribution in [3.05, 3.63) is 42.1 Å². The topological polar surface area (TPSA) is 84.0 Å². The molecule has 0 saturated carbocycles. The molecule has 1 aromatic heterocycles. The van der Waals surface area contributed by atoms with Crippen molar-refractivity contribution in [1.29, 1.82) is 5.26 Å². The summed E-state index contributed by atoms with van der Waals surface area (Å²) in [6.07, 6.45) is 0.144. The number of nitrogens with two attached hydrogens (primary N) is 1. The number of hydrogen-bond donors (Lipinski definition) is 2. The second kappa shape index (κ2) is 5.93. The van der Waals surface area contributed by atoms with Gasteiger partial charge in [0.15, 0.2) is 5.69 Å². The summed E-state index contributed by atoms with van der Waals surface area (Å²) in [4.78, 5) is 4.13. The van der Waals surface area contributed by atoms with Crippen molar-refractivity contribution in [2.24, 2.45) is 0 Å². The van der Waals surface area contributed by atoms with Crippen molar-refractivity contribution in [3.63, 3.8) is 0 Å². The Morgan fingerprint density at radius 2 is 1.90 bits per heavy atom. The highest BCUT2D eigenvalue weighted by Gasteiger charge is 2.03. The first-order valence-corrected chi connectivity index (χ1v) is 6.29. The molecule has 0 amide bonds. The molecule has 102 valence electrons. The molecule has 2 rings (SSSR count). The highest BCUT2D eigenvalue weighted by Crippen LogP contribution is 2.21. The van der Waals surface area contributed by atoms with Crippen LogP contribution in [0.15, 0.2) is 36.4 Å². The standard InChI is InChI=1S/C15H16N4O/c1-10(2)20-12-5-3-11(4-6-12)18-15-8-7-13(17)14(9-16)19-15/h3-8,10H,17H2,1-2H3,(H,18,19). The molecule has 5 nitrogen and oxygen atoms in total. The van der Waals surface area contributed by atoms with E-state index < -0.39 is 0 Å². The van der Waals surface area contributed by atoms with E-state index in [1.54, 1.807) is 12.1 Å². The number of ether oxygens (including phenoxy) is 1. The Hall–Kier alpha value is -2.74. The van der Waals surface area contributed by atoms with Crippen molar-refractivity contribution in [2.75, 3.05) is 11.1 Å². The minimum Gasteiger partial charge on any atom is -0.491 e. The van der Waals surface area contributed by atoms with Crippen LogP contribution < -0.4 is 15.8 Å². The maximum Gasteiger partial charge on any atom is 0.165 e. The van der Waals surface area contributed by atoms with E-state index in [-0.39, 0.29) is 11.8 Å². The van der Waals surface area contributed by atoms with Crippen LogP contribution in [0.2, 0.25) is 0 Å². The van der Waals surface area contributed by atoms with E-state index in [1.165, 1.54) is 0 Å². The van der Waals surface area contributed by atoms with E-state index in [1.807, 2.05) is 44.2 Å². The molecule has 0 aliphatic carbocycles. The largest absolute Gasteiger partial charge is 0.491 e. The first-order chi connectivity index (χ1) is 9.58. The lowest BCUT2D eigenvalue weighted by Gasteiger charge is -2.11. The second-order valence-corrected chi connectivity index (χ2v) is 4.56. The normalized spacial score (nSPS) is 10.1. The lowest BCUT2D eigenvalue weighted by molar-refractivity contribution is 0.242. The molecule has 0 atom stereocenters. The molecule has 2 aromatic rings. The summed E-state index contributed by atoms with van der Waals surface area (Å²) in [6, 6.07) is 12.9. The van der Waals surface area contributed by atoms with Gasteiger partial charge >= 0.3 is 0 Å². The number of nitriles is 1. The van der Waals surface area contributed by atoms with Crippen LogP contribution in [-0.4, -0.2) is 11.1 Å². The summed E-state index contributed by atoms with van der Waals surface area (Å²) < 4.78 is 5.57. The van der Waals surface area contributed by atoms with Gasteiger partial charge in [0.2, 0.25) is 0 Å². The van der Waals surface area contributed by atoms with Crippen LogP contribution in [0.1, 0.15) is 19.5 Å². The lowest BCUT2D eigenvalue weighted by Crippen LogP contribution is -2.05. The third-order valence-electron chi connectivity index (χ3n) is 2.53. The number of hydrogen-bond acceptors (Lipinski definition) is 5. The molecule has 0 radical (unpaired) electrons. The summed E-state index contributed by atoms with van der Waals surface area (Å²) >= 11 is 0. The van der Waals surface area contributed by atoms with Crippen molar-refractivity contribution in [1.82, 2.24) is 4.98 Å². The molecular weight excluding hydrogens is 252 g/mol. The van der Waals surface area contributed by atoms with Gasteiger partial charge in [-0.15, -0.1) is 0 Å². The van der Waals surface area contributed by atoms with Crippen LogP contribution in [0.3, 0.4) is 0 Å². The summed E-state index contributed by atoms with van der Waals surface area (Å²) in [6.45, 7) is 3.96. The van der Waals surface area contributed by atoms with Gasteiger partial charge in [-0.05, 0) is 50.2 Å². The number of pyridine rings is 1. The molecule has 0 unspecified atom stereocenters. The third-order valence-corrected chi connectivity index (χ3v) is 2.53. The molecular formula is C15H16N4O. The molecule has 3 N–H and O–H groups in total. The smallest absolute Gasteiger partial charge is 0.165 e. The first kappa shape index (κ1) is 13.7. The average molecular weight is 268 g/mol. The van der Waals surface area contributed by atoms with Crippen molar-refractivity contribution in [2.45, 2.75) is 20.0 Å². The molecule has 1 heterocycles. The molecule has 5 heteroatoms. The van der Waals surface area contributed by atoms with Gasteiger partial charge in [0.1, 0.15) is 17.6 Å². The van der Waals surface area contributed by atoms with Gasteiger partial charge in [0, 0.05) is 5.69 Å². The van der Waals surface area contributed by atoms with Gasteiger partial charge in [-0.2, -0.15) is 5.26 Å². The summed E-state index contributed by atoms with van der Waals surface area (Å²) in [5.41, 5.74) is 7.08. The van der Waals surface area contributed by atoms with Gasteiger partial charge in [-0.1, -0.05) is 0 Å². The number of nitrogens with one attached hydrogen (secondary N) is 1. The Morgan fingerprint density at radius 1 is 1.20 bits per heavy atom. The SMILES string of the molecule is CC(C)Oc1ccc(Nc2ccc(N)c(C#N)n2)cc1. The van der Waals surface area contributed by atoms with Crippen LogP contribution >= 0.6 is 0 Å². The molecule has 0 fully saturated rings. The summed E-state index contributed by atoms with van der Waals surface area (Å²) in [5.74, 6) is 1.39. The average Bonchev–Trinajstić information content (AvgIpc) is 2.42. The molecule has 0 bridgehead atoms. The van der Waals surface area contributed by atoms with Crippen LogP contribution in [0.5, 0.6) is 5.75 Å². The predicted octanol–water partition coefficient (Wildman–Crippen LogP) is 3.07. The Morgan fingerprint density at radius 3 is 2.50 bits per heavy atom. The highest BCUT2D eigenvalue weighted by atomic mass is 16.5. The fraction of sp³-hybridized carbons (Fsp3) is 0.200. The quantitative estimate of drug-likeness (QED) is 0.890. The zero-order chi connectivity index (χ0) is 14.5. The number of anilines is 3. The number of rotatable bonds is 4. The molecule has 1 aromatic carbocycles. The minimum atomic E-state index is 0.144. The van der Waals surface area contributed by atoms with E-state index in [9.17, 15) is 0 Å². The third kappa shape index (κ3) is 3.39. The number of benzene rings is 1. The summed E-state index contributed by atoms with van der Waals surface area (Å²) in [7, 11) is 0. The Bertz CT molecular complexity index is 629. The minimum absolute atomic E-state index is 0.144. The fourth-order valence-corrected chi connectivity index (χ4v) is 1.67. The van der Waals surface area contributed by atoms with Gasteiger partial charge in [0.05, 0.1) is 11.8 Å². The highest BCUT2D eigenvalue weighted by molar-refractivity contribution is 5.61. The molecule has 20 heavy (non-hydrogen) atoms. The number of aromatic nitrogens is 1. The van der Waals surface area contributed by atoms with Gasteiger partial charge in [0.25, 0.3) is 0 Å². The van der Waals surface area contributed by atoms with Crippen LogP contribution in [0, 0.1) is 11.3 Å². The lowest BCUT2D eigenvalue weighted by atomic mass is 10.2. The zero-order valence-corrected chi connectivity index (χ0v) is 11.4. The zero-order valence-electron chi connectivity index (χ0n) is 11.4. The summed E-state index contributed by atoms with van der Waals surface area (Å²) in [5, 5.41) is 12.0. The second-order valence-electron chi connectivity index (χ2n) is 4.56.